The fourth-order valence-corrected chi connectivity index (χ4v) is 3.58. The molecular formula is C14H23N3O2S. The van der Waals surface area contributed by atoms with Gasteiger partial charge in [-0.1, -0.05) is 50.8 Å². The molecule has 0 spiro atoms. The van der Waals surface area contributed by atoms with Gasteiger partial charge in [-0.3, -0.25) is 4.79 Å². The molecule has 0 radical (unpaired) electrons. The third kappa shape index (κ3) is 3.98. The number of carboxylic acid groups (broad SMARTS) is 1. The van der Waals surface area contributed by atoms with E-state index in [1.54, 1.807) is 0 Å². The second-order valence-corrected chi connectivity index (χ2v) is 6.25. The van der Waals surface area contributed by atoms with E-state index in [1.807, 2.05) is 0 Å². The summed E-state index contributed by atoms with van der Waals surface area (Å²) in [7, 11) is 0. The Balaban J connectivity index is 2.17. The Labute approximate surface area is 124 Å². The van der Waals surface area contributed by atoms with Crippen molar-refractivity contribution in [2.45, 2.75) is 69.5 Å². The maximum atomic E-state index is 10.8. The summed E-state index contributed by atoms with van der Waals surface area (Å²) in [6.45, 7) is 2.08. The topological polar surface area (TPSA) is 68.0 Å². The number of aliphatic carboxylic acids is 1. The number of hydrogen-bond donors (Lipinski definition) is 1. The van der Waals surface area contributed by atoms with Crippen LogP contribution >= 0.6 is 11.8 Å². The number of hydrogen-bond acceptors (Lipinski definition) is 4. The average Bonchev–Trinajstić information content (AvgIpc) is 2.79. The highest BCUT2D eigenvalue weighted by Gasteiger charge is 2.21. The molecule has 0 aromatic carbocycles. The lowest BCUT2D eigenvalue weighted by Gasteiger charge is -2.23. The molecule has 1 aromatic rings. The summed E-state index contributed by atoms with van der Waals surface area (Å²) in [4.78, 5) is 10.8. The van der Waals surface area contributed by atoms with Crippen molar-refractivity contribution in [2.24, 2.45) is 0 Å². The Morgan fingerprint density at radius 3 is 2.50 bits per heavy atom. The molecule has 6 heteroatoms. The first-order valence-corrected chi connectivity index (χ1v) is 8.49. The molecule has 1 aliphatic rings. The largest absolute Gasteiger partial charge is 0.481 e. The van der Waals surface area contributed by atoms with Crippen molar-refractivity contribution in [3.63, 3.8) is 0 Å². The van der Waals surface area contributed by atoms with Crippen LogP contribution in [0.1, 0.15) is 63.7 Å². The molecule has 1 N–H and O–H groups in total. The SMILES string of the molecule is CCc1nnc(SCC(=O)O)n1C1CCCCCCC1. The zero-order valence-corrected chi connectivity index (χ0v) is 12.9. The van der Waals surface area contributed by atoms with Crippen molar-refractivity contribution in [2.75, 3.05) is 5.75 Å². The van der Waals surface area contributed by atoms with Gasteiger partial charge in [0.25, 0.3) is 0 Å². The summed E-state index contributed by atoms with van der Waals surface area (Å²) >= 11 is 1.29. The summed E-state index contributed by atoms with van der Waals surface area (Å²) in [5.41, 5.74) is 0. The molecule has 0 unspecified atom stereocenters. The second kappa shape index (κ2) is 7.67. The van der Waals surface area contributed by atoms with Crippen molar-refractivity contribution in [3.8, 4) is 0 Å². The highest BCUT2D eigenvalue weighted by Crippen LogP contribution is 2.31. The van der Waals surface area contributed by atoms with E-state index in [1.165, 1.54) is 43.9 Å². The van der Waals surface area contributed by atoms with Crippen LogP contribution in [0.15, 0.2) is 5.16 Å². The number of aryl methyl sites for hydroxylation is 1. The minimum atomic E-state index is -0.805. The Morgan fingerprint density at radius 1 is 1.25 bits per heavy atom. The lowest BCUT2D eigenvalue weighted by molar-refractivity contribution is -0.133. The van der Waals surface area contributed by atoms with E-state index < -0.39 is 5.97 Å². The van der Waals surface area contributed by atoms with Gasteiger partial charge in [-0.15, -0.1) is 10.2 Å². The lowest BCUT2D eigenvalue weighted by Crippen LogP contribution is -2.15. The van der Waals surface area contributed by atoms with E-state index in [-0.39, 0.29) is 5.75 Å². The summed E-state index contributed by atoms with van der Waals surface area (Å²) in [6, 6.07) is 0.441. The maximum absolute atomic E-state index is 10.8. The molecule has 0 aliphatic heterocycles. The molecule has 0 saturated heterocycles. The first kappa shape index (κ1) is 15.4. The van der Waals surface area contributed by atoms with Crippen LogP contribution in [0.3, 0.4) is 0 Å². The number of rotatable bonds is 5. The number of carboxylic acids is 1. The van der Waals surface area contributed by atoms with E-state index in [9.17, 15) is 4.79 Å². The number of aromatic nitrogens is 3. The average molecular weight is 297 g/mol. The van der Waals surface area contributed by atoms with Crippen molar-refractivity contribution in [1.82, 2.24) is 14.8 Å². The van der Waals surface area contributed by atoms with Crippen LogP contribution in [0.5, 0.6) is 0 Å². The van der Waals surface area contributed by atoms with Gasteiger partial charge in [0.15, 0.2) is 5.16 Å². The lowest BCUT2D eigenvalue weighted by atomic mass is 9.96. The molecule has 0 atom stereocenters. The van der Waals surface area contributed by atoms with Gasteiger partial charge in [0, 0.05) is 12.5 Å². The molecule has 1 aromatic heterocycles. The van der Waals surface area contributed by atoms with Crippen LogP contribution < -0.4 is 0 Å². The quantitative estimate of drug-likeness (QED) is 0.845. The summed E-state index contributed by atoms with van der Waals surface area (Å²) in [6.07, 6.45) is 9.60. The van der Waals surface area contributed by atoms with Gasteiger partial charge >= 0.3 is 5.97 Å². The van der Waals surface area contributed by atoms with E-state index in [0.29, 0.717) is 6.04 Å². The first-order valence-electron chi connectivity index (χ1n) is 7.50. The minimum Gasteiger partial charge on any atom is -0.481 e. The molecule has 112 valence electrons. The predicted molar refractivity (Wildman–Crippen MR) is 79.1 cm³/mol. The van der Waals surface area contributed by atoms with E-state index in [0.717, 1.165) is 30.2 Å². The van der Waals surface area contributed by atoms with Gasteiger partial charge in [0.05, 0.1) is 5.75 Å². The van der Waals surface area contributed by atoms with Gasteiger partial charge in [-0.05, 0) is 12.8 Å². The Morgan fingerprint density at radius 2 is 1.90 bits per heavy atom. The molecule has 1 heterocycles. The monoisotopic (exact) mass is 297 g/mol. The number of thioether (sulfide) groups is 1. The van der Waals surface area contributed by atoms with Crippen LogP contribution in [-0.4, -0.2) is 31.6 Å². The molecule has 0 amide bonds. The van der Waals surface area contributed by atoms with Crippen molar-refractivity contribution in [1.29, 1.82) is 0 Å². The normalized spacial score (nSPS) is 17.6. The summed E-state index contributed by atoms with van der Waals surface area (Å²) < 4.78 is 2.21. The maximum Gasteiger partial charge on any atom is 0.313 e. The van der Waals surface area contributed by atoms with Gasteiger partial charge in [0.1, 0.15) is 5.82 Å². The number of nitrogens with zero attached hydrogens (tertiary/aromatic N) is 3. The molecule has 5 nitrogen and oxygen atoms in total. The third-order valence-corrected chi connectivity index (χ3v) is 4.74. The van der Waals surface area contributed by atoms with Crippen LogP contribution in [0.25, 0.3) is 0 Å². The van der Waals surface area contributed by atoms with Gasteiger partial charge in [-0.25, -0.2) is 0 Å². The standard InChI is InChI=1S/C14H23N3O2S/c1-2-12-15-16-14(20-10-13(18)19)17(12)11-8-6-4-3-5-7-9-11/h11H,2-10H2,1H3,(H,18,19). The predicted octanol–water partition coefficient (Wildman–Crippen LogP) is 3.30. The van der Waals surface area contributed by atoms with Crippen molar-refractivity contribution < 1.29 is 9.90 Å². The van der Waals surface area contributed by atoms with E-state index in [2.05, 4.69) is 21.7 Å². The summed E-state index contributed by atoms with van der Waals surface area (Å²) in [5.74, 6) is 0.234. The fourth-order valence-electron chi connectivity index (χ4n) is 2.83. The molecule has 2 rings (SSSR count). The van der Waals surface area contributed by atoms with Crippen molar-refractivity contribution >= 4 is 17.7 Å². The van der Waals surface area contributed by atoms with Gasteiger partial charge in [0.2, 0.25) is 0 Å². The Kier molecular flexibility index (Phi) is 5.88. The van der Waals surface area contributed by atoms with Gasteiger partial charge < -0.3 is 9.67 Å². The smallest absolute Gasteiger partial charge is 0.313 e. The number of carbonyl (C=O) groups is 1. The molecule has 1 fully saturated rings. The Hall–Kier alpha value is -1.04. The van der Waals surface area contributed by atoms with Crippen LogP contribution in [0.4, 0.5) is 0 Å². The van der Waals surface area contributed by atoms with Gasteiger partial charge in [-0.2, -0.15) is 0 Å². The fraction of sp³-hybridized carbons (Fsp3) is 0.786. The molecule has 1 saturated carbocycles. The van der Waals surface area contributed by atoms with Crippen LogP contribution in [0, 0.1) is 0 Å². The minimum absolute atomic E-state index is 0.0502. The zero-order valence-electron chi connectivity index (χ0n) is 12.0. The summed E-state index contributed by atoms with van der Waals surface area (Å²) in [5, 5.41) is 18.1. The molecular weight excluding hydrogens is 274 g/mol. The third-order valence-electron chi connectivity index (χ3n) is 3.82. The zero-order chi connectivity index (χ0) is 14.4. The first-order chi connectivity index (χ1) is 9.72. The van der Waals surface area contributed by atoms with E-state index in [4.69, 9.17) is 5.11 Å². The van der Waals surface area contributed by atoms with Crippen LogP contribution in [0.2, 0.25) is 0 Å². The highest BCUT2D eigenvalue weighted by atomic mass is 32.2. The highest BCUT2D eigenvalue weighted by molar-refractivity contribution is 7.99. The van der Waals surface area contributed by atoms with Crippen molar-refractivity contribution in [3.05, 3.63) is 5.82 Å². The Bertz CT molecular complexity index is 440. The molecule has 1 aliphatic carbocycles. The molecule has 20 heavy (non-hydrogen) atoms. The van der Waals surface area contributed by atoms with Crippen LogP contribution in [-0.2, 0) is 11.2 Å². The van der Waals surface area contributed by atoms with E-state index >= 15 is 0 Å². The second-order valence-electron chi connectivity index (χ2n) is 5.30. The molecule has 0 bridgehead atoms.